The predicted octanol–water partition coefficient (Wildman–Crippen LogP) is 3.45. The zero-order chi connectivity index (χ0) is 22.2. The number of aromatic amines is 1. The van der Waals surface area contributed by atoms with Crippen LogP contribution in [0.2, 0.25) is 0 Å². The van der Waals surface area contributed by atoms with Crippen molar-refractivity contribution in [3.63, 3.8) is 0 Å². The first kappa shape index (κ1) is 21.8. The van der Waals surface area contributed by atoms with Crippen LogP contribution in [0.4, 0.5) is 4.39 Å². The van der Waals surface area contributed by atoms with Crippen molar-refractivity contribution in [3.05, 3.63) is 63.7 Å². The van der Waals surface area contributed by atoms with Crippen molar-refractivity contribution in [2.75, 3.05) is 27.2 Å². The number of carbonyl (C=O) groups excluding carboxylic acids is 2. The highest BCUT2D eigenvalue weighted by Crippen LogP contribution is 2.40. The number of H-pyrrole nitrogens is 1. The van der Waals surface area contributed by atoms with Gasteiger partial charge in [-0.1, -0.05) is 12.1 Å². The standard InChI is InChI=1S/C23H28FN3O3/c1-13-14(2)25-15(3)18(13)21(28)19-20(16-7-9-17(24)10-8-16)27(23(30)22(19)29)12-6-11-26(4)5/h7-10,20,25,28H,6,11-12H2,1-5H3/b21-19+. The molecule has 1 saturated heterocycles. The lowest BCUT2D eigenvalue weighted by atomic mass is 9.94. The third kappa shape index (κ3) is 3.89. The minimum atomic E-state index is -0.762. The van der Waals surface area contributed by atoms with E-state index in [9.17, 15) is 19.1 Å². The quantitative estimate of drug-likeness (QED) is 0.432. The minimum Gasteiger partial charge on any atom is -0.507 e. The van der Waals surface area contributed by atoms with Gasteiger partial charge in [0.1, 0.15) is 11.6 Å². The molecule has 0 bridgehead atoms. The molecule has 30 heavy (non-hydrogen) atoms. The molecular weight excluding hydrogens is 385 g/mol. The van der Waals surface area contributed by atoms with Crippen molar-refractivity contribution in [2.24, 2.45) is 0 Å². The number of carbonyl (C=O) groups is 2. The molecule has 160 valence electrons. The minimum absolute atomic E-state index is 0.0432. The Morgan fingerprint density at radius 2 is 1.77 bits per heavy atom. The van der Waals surface area contributed by atoms with Crippen LogP contribution in [-0.4, -0.2) is 58.8 Å². The molecule has 3 rings (SSSR count). The largest absolute Gasteiger partial charge is 0.507 e. The van der Waals surface area contributed by atoms with Gasteiger partial charge in [-0.15, -0.1) is 0 Å². The first-order valence-corrected chi connectivity index (χ1v) is 9.98. The number of hydrogen-bond donors (Lipinski definition) is 2. The molecule has 7 heteroatoms. The first-order chi connectivity index (χ1) is 14.1. The maximum Gasteiger partial charge on any atom is 0.295 e. The number of aliphatic hydroxyl groups is 1. The number of amides is 1. The van der Waals surface area contributed by atoms with Crippen LogP contribution in [0.3, 0.4) is 0 Å². The summed E-state index contributed by atoms with van der Waals surface area (Å²) >= 11 is 0. The van der Waals surface area contributed by atoms with Crippen LogP contribution < -0.4 is 0 Å². The zero-order valence-electron chi connectivity index (χ0n) is 18.0. The van der Waals surface area contributed by atoms with Crippen LogP contribution in [0.1, 0.15) is 40.5 Å². The van der Waals surface area contributed by atoms with Crippen molar-refractivity contribution in [1.29, 1.82) is 0 Å². The van der Waals surface area contributed by atoms with Gasteiger partial charge in [0.05, 0.1) is 11.6 Å². The smallest absolute Gasteiger partial charge is 0.295 e. The van der Waals surface area contributed by atoms with Crippen LogP contribution in [-0.2, 0) is 9.59 Å². The Morgan fingerprint density at radius 1 is 1.13 bits per heavy atom. The second-order valence-electron chi connectivity index (χ2n) is 8.08. The van der Waals surface area contributed by atoms with Gasteiger partial charge in [-0.3, -0.25) is 9.59 Å². The second kappa shape index (κ2) is 8.44. The van der Waals surface area contributed by atoms with Gasteiger partial charge in [-0.2, -0.15) is 0 Å². The third-order valence-corrected chi connectivity index (χ3v) is 5.65. The molecule has 0 spiro atoms. The number of nitrogens with one attached hydrogen (secondary N) is 1. The summed E-state index contributed by atoms with van der Waals surface area (Å²) in [7, 11) is 3.87. The molecule has 2 heterocycles. The number of likely N-dealkylation sites (tertiary alicyclic amines) is 1. The molecule has 1 aromatic heterocycles. The lowest BCUT2D eigenvalue weighted by Gasteiger charge is -2.26. The van der Waals surface area contributed by atoms with E-state index in [-0.39, 0.29) is 11.3 Å². The van der Waals surface area contributed by atoms with Crippen LogP contribution in [0.15, 0.2) is 29.8 Å². The Bertz CT molecular complexity index is 1010. The van der Waals surface area contributed by atoms with Gasteiger partial charge in [-0.05, 0) is 71.1 Å². The highest BCUT2D eigenvalue weighted by Gasteiger charge is 2.46. The Morgan fingerprint density at radius 3 is 2.30 bits per heavy atom. The number of halogens is 1. The molecule has 0 aliphatic carbocycles. The maximum absolute atomic E-state index is 13.5. The van der Waals surface area contributed by atoms with E-state index < -0.39 is 23.5 Å². The van der Waals surface area contributed by atoms with Gasteiger partial charge in [0.2, 0.25) is 0 Å². The number of nitrogens with zero attached hydrogens (tertiary/aromatic N) is 2. The van der Waals surface area contributed by atoms with E-state index in [1.165, 1.54) is 17.0 Å². The van der Waals surface area contributed by atoms with E-state index in [0.717, 1.165) is 23.5 Å². The average Bonchev–Trinajstić information content (AvgIpc) is 3.08. The highest BCUT2D eigenvalue weighted by molar-refractivity contribution is 6.46. The lowest BCUT2D eigenvalue weighted by molar-refractivity contribution is -0.139. The Labute approximate surface area is 176 Å². The zero-order valence-corrected chi connectivity index (χ0v) is 18.0. The number of benzene rings is 1. The molecule has 1 aromatic carbocycles. The van der Waals surface area contributed by atoms with E-state index in [4.69, 9.17) is 0 Å². The number of ketones is 1. The molecule has 1 unspecified atom stereocenters. The Hall–Kier alpha value is -2.93. The summed E-state index contributed by atoms with van der Waals surface area (Å²) in [6, 6.07) is 4.94. The van der Waals surface area contributed by atoms with Crippen molar-refractivity contribution in [3.8, 4) is 0 Å². The topological polar surface area (TPSA) is 76.6 Å². The van der Waals surface area contributed by atoms with Gasteiger partial charge in [0, 0.05) is 23.5 Å². The fourth-order valence-electron chi connectivity index (χ4n) is 4.06. The van der Waals surface area contributed by atoms with Gasteiger partial charge in [0.15, 0.2) is 0 Å². The molecule has 6 nitrogen and oxygen atoms in total. The molecule has 0 saturated carbocycles. The normalized spacial score (nSPS) is 18.6. The van der Waals surface area contributed by atoms with Crippen LogP contribution in [0.25, 0.3) is 5.76 Å². The lowest BCUT2D eigenvalue weighted by Crippen LogP contribution is -2.32. The predicted molar refractivity (Wildman–Crippen MR) is 114 cm³/mol. The summed E-state index contributed by atoms with van der Waals surface area (Å²) in [5.74, 6) is -1.97. The number of rotatable bonds is 6. The van der Waals surface area contributed by atoms with Crippen LogP contribution >= 0.6 is 0 Å². The van der Waals surface area contributed by atoms with E-state index >= 15 is 0 Å². The highest BCUT2D eigenvalue weighted by atomic mass is 19.1. The van der Waals surface area contributed by atoms with Gasteiger partial charge in [0.25, 0.3) is 11.7 Å². The van der Waals surface area contributed by atoms with E-state index in [1.54, 1.807) is 12.1 Å². The Kier molecular flexibility index (Phi) is 6.12. The fourth-order valence-corrected chi connectivity index (χ4v) is 4.06. The number of aliphatic hydroxyl groups excluding tert-OH is 1. The monoisotopic (exact) mass is 413 g/mol. The fraction of sp³-hybridized carbons (Fsp3) is 0.391. The van der Waals surface area contributed by atoms with Crippen LogP contribution in [0, 0.1) is 26.6 Å². The van der Waals surface area contributed by atoms with Crippen molar-refractivity contribution < 1.29 is 19.1 Å². The van der Waals surface area contributed by atoms with Gasteiger partial charge < -0.3 is 19.9 Å². The third-order valence-electron chi connectivity index (χ3n) is 5.65. The average molecular weight is 413 g/mol. The number of aromatic nitrogens is 1. The van der Waals surface area contributed by atoms with E-state index in [2.05, 4.69) is 4.98 Å². The first-order valence-electron chi connectivity index (χ1n) is 9.98. The maximum atomic E-state index is 13.5. The molecule has 2 aromatic rings. The van der Waals surface area contributed by atoms with Crippen molar-refractivity contribution in [1.82, 2.24) is 14.8 Å². The van der Waals surface area contributed by atoms with E-state index in [1.807, 2.05) is 39.8 Å². The molecule has 0 radical (unpaired) electrons. The van der Waals surface area contributed by atoms with E-state index in [0.29, 0.717) is 24.1 Å². The Balaban J connectivity index is 2.14. The number of Topliss-reactive ketones (excluding diaryl/α,β-unsaturated/α-hetero) is 1. The van der Waals surface area contributed by atoms with Crippen LogP contribution in [0.5, 0.6) is 0 Å². The molecule has 1 aliphatic rings. The molecule has 1 fully saturated rings. The van der Waals surface area contributed by atoms with Crippen molar-refractivity contribution >= 4 is 17.4 Å². The summed E-state index contributed by atoms with van der Waals surface area (Å²) in [6.45, 7) is 6.65. The second-order valence-corrected chi connectivity index (χ2v) is 8.08. The number of aryl methyl sites for hydroxylation is 2. The molecule has 1 amide bonds. The molecule has 2 N–H and O–H groups in total. The summed E-state index contributed by atoms with van der Waals surface area (Å²) in [6.07, 6.45) is 0.666. The van der Waals surface area contributed by atoms with Crippen molar-refractivity contribution in [2.45, 2.75) is 33.2 Å². The summed E-state index contributed by atoms with van der Waals surface area (Å²) in [4.78, 5) is 32.5. The molecular formula is C23H28FN3O3. The number of hydrogen-bond acceptors (Lipinski definition) is 4. The SMILES string of the molecule is Cc1[nH]c(C)c(/C(O)=C2\C(=O)C(=O)N(CCCN(C)C)C2c2ccc(F)cc2)c1C. The molecule has 1 atom stereocenters. The summed E-state index contributed by atoms with van der Waals surface area (Å²) in [5, 5.41) is 11.2. The molecule has 1 aliphatic heterocycles. The summed E-state index contributed by atoms with van der Waals surface area (Å²) < 4.78 is 13.5. The van der Waals surface area contributed by atoms with Gasteiger partial charge >= 0.3 is 0 Å². The van der Waals surface area contributed by atoms with Gasteiger partial charge in [-0.25, -0.2) is 4.39 Å². The summed E-state index contributed by atoms with van der Waals surface area (Å²) in [5.41, 5.74) is 3.59.